The van der Waals surface area contributed by atoms with Gasteiger partial charge in [0, 0.05) is 18.7 Å². The second kappa shape index (κ2) is 9.46. The number of anilines is 1. The lowest BCUT2D eigenvalue weighted by Crippen LogP contribution is -2.33. The highest BCUT2D eigenvalue weighted by Gasteiger charge is 2.15. The summed E-state index contributed by atoms with van der Waals surface area (Å²) >= 11 is 6.10. The first-order valence-electron chi connectivity index (χ1n) is 8.46. The molecule has 0 radical (unpaired) electrons. The van der Waals surface area contributed by atoms with Crippen LogP contribution in [-0.2, 0) is 11.3 Å². The molecule has 6 heteroatoms. The van der Waals surface area contributed by atoms with Crippen LogP contribution in [0.5, 0.6) is 11.5 Å². The highest BCUT2D eigenvalue weighted by atomic mass is 35.5. The number of ether oxygens (including phenoxy) is 2. The molecule has 2 rings (SSSR count). The molecule has 0 saturated carbocycles. The van der Waals surface area contributed by atoms with Crippen molar-refractivity contribution in [3.63, 3.8) is 0 Å². The minimum absolute atomic E-state index is 0.122. The molecule has 0 atom stereocenters. The number of carbonyl (C=O) groups is 1. The molecule has 0 unspecified atom stereocenters. The number of aryl methyl sites for hydroxylation is 1. The molecule has 5 nitrogen and oxygen atoms in total. The van der Waals surface area contributed by atoms with Gasteiger partial charge in [-0.3, -0.25) is 9.69 Å². The summed E-state index contributed by atoms with van der Waals surface area (Å²) in [4.78, 5) is 14.6. The number of rotatable bonds is 8. The molecule has 0 saturated heterocycles. The molecule has 0 aliphatic rings. The van der Waals surface area contributed by atoms with Crippen LogP contribution in [0.3, 0.4) is 0 Å². The number of methoxy groups -OCH3 is 2. The van der Waals surface area contributed by atoms with Crippen LogP contribution in [0.25, 0.3) is 0 Å². The molecular weight excluding hydrogens is 352 g/mol. The molecule has 26 heavy (non-hydrogen) atoms. The summed E-state index contributed by atoms with van der Waals surface area (Å²) in [6.07, 6.45) is 0. The van der Waals surface area contributed by atoms with E-state index in [1.54, 1.807) is 12.1 Å². The number of nitrogens with zero attached hydrogens (tertiary/aromatic N) is 1. The van der Waals surface area contributed by atoms with Gasteiger partial charge in [-0.05, 0) is 24.6 Å². The first kappa shape index (κ1) is 20.1. The summed E-state index contributed by atoms with van der Waals surface area (Å²) in [6.45, 7) is 5.88. The summed E-state index contributed by atoms with van der Waals surface area (Å²) < 4.78 is 10.5. The van der Waals surface area contributed by atoms with E-state index in [1.165, 1.54) is 25.3 Å². The predicted molar refractivity (Wildman–Crippen MR) is 105 cm³/mol. The Bertz CT molecular complexity index is 765. The lowest BCUT2D eigenvalue weighted by Gasteiger charge is -2.21. The van der Waals surface area contributed by atoms with E-state index in [9.17, 15) is 4.79 Å². The molecule has 0 fully saturated rings. The van der Waals surface area contributed by atoms with E-state index in [0.717, 1.165) is 13.1 Å². The van der Waals surface area contributed by atoms with Gasteiger partial charge in [0.1, 0.15) is 11.5 Å². The van der Waals surface area contributed by atoms with Crippen LogP contribution in [0.2, 0.25) is 5.02 Å². The molecule has 2 aromatic carbocycles. The number of hydrogen-bond acceptors (Lipinski definition) is 4. The highest BCUT2D eigenvalue weighted by molar-refractivity contribution is 6.32. The topological polar surface area (TPSA) is 50.8 Å². The Morgan fingerprint density at radius 1 is 1.15 bits per heavy atom. The number of hydrogen-bond donors (Lipinski definition) is 1. The van der Waals surface area contributed by atoms with E-state index >= 15 is 0 Å². The van der Waals surface area contributed by atoms with Crippen molar-refractivity contribution in [3.05, 3.63) is 52.5 Å². The van der Waals surface area contributed by atoms with Crippen molar-refractivity contribution in [1.29, 1.82) is 0 Å². The molecule has 0 spiro atoms. The minimum Gasteiger partial charge on any atom is -0.495 e. The van der Waals surface area contributed by atoms with Crippen LogP contribution in [0.4, 0.5) is 5.69 Å². The van der Waals surface area contributed by atoms with Crippen LogP contribution in [-0.4, -0.2) is 38.1 Å². The highest BCUT2D eigenvalue weighted by Crippen LogP contribution is 2.35. The summed E-state index contributed by atoms with van der Waals surface area (Å²) in [5, 5.41) is 3.31. The fourth-order valence-electron chi connectivity index (χ4n) is 2.66. The Morgan fingerprint density at radius 3 is 2.46 bits per heavy atom. The van der Waals surface area contributed by atoms with Crippen LogP contribution in [0, 0.1) is 6.92 Å². The zero-order valence-corrected chi connectivity index (χ0v) is 16.4. The Hall–Kier alpha value is -2.24. The molecule has 140 valence electrons. The van der Waals surface area contributed by atoms with Gasteiger partial charge in [-0.15, -0.1) is 0 Å². The van der Waals surface area contributed by atoms with E-state index in [2.05, 4.69) is 29.3 Å². The number of nitrogens with one attached hydrogen (secondary N) is 1. The maximum Gasteiger partial charge on any atom is 0.238 e. The van der Waals surface area contributed by atoms with Crippen molar-refractivity contribution in [2.75, 3.05) is 32.6 Å². The zero-order valence-electron chi connectivity index (χ0n) is 15.6. The average molecular weight is 377 g/mol. The zero-order chi connectivity index (χ0) is 19.1. The standard InChI is InChI=1S/C20H25ClN2O3/c1-5-23(12-15-9-7-6-8-14(15)2)13-20(24)22-17-11-18(25-3)16(21)10-19(17)26-4/h6-11H,5,12-13H2,1-4H3,(H,22,24). The number of likely N-dealkylation sites (N-methyl/N-ethyl adjacent to an activating group) is 1. The maximum atomic E-state index is 12.5. The minimum atomic E-state index is -0.122. The van der Waals surface area contributed by atoms with Gasteiger partial charge in [-0.25, -0.2) is 0 Å². The molecule has 0 aromatic heterocycles. The Morgan fingerprint density at radius 2 is 1.85 bits per heavy atom. The number of benzene rings is 2. The predicted octanol–water partition coefficient (Wildman–Crippen LogP) is 4.13. The van der Waals surface area contributed by atoms with Gasteiger partial charge in [0.2, 0.25) is 5.91 Å². The fraction of sp³-hybridized carbons (Fsp3) is 0.350. The monoisotopic (exact) mass is 376 g/mol. The van der Waals surface area contributed by atoms with Crippen LogP contribution in [0.15, 0.2) is 36.4 Å². The first-order valence-corrected chi connectivity index (χ1v) is 8.84. The fourth-order valence-corrected chi connectivity index (χ4v) is 2.89. The van der Waals surface area contributed by atoms with Gasteiger partial charge in [-0.1, -0.05) is 42.8 Å². The van der Waals surface area contributed by atoms with Crippen molar-refractivity contribution >= 4 is 23.2 Å². The molecule has 0 heterocycles. The third kappa shape index (κ3) is 5.13. The van der Waals surface area contributed by atoms with E-state index in [-0.39, 0.29) is 12.5 Å². The number of halogens is 1. The van der Waals surface area contributed by atoms with E-state index in [0.29, 0.717) is 22.2 Å². The van der Waals surface area contributed by atoms with Crippen LogP contribution in [0.1, 0.15) is 18.1 Å². The summed E-state index contributed by atoms with van der Waals surface area (Å²) in [6, 6.07) is 11.5. The van der Waals surface area contributed by atoms with Crippen molar-refractivity contribution in [3.8, 4) is 11.5 Å². The summed E-state index contributed by atoms with van der Waals surface area (Å²) in [5.74, 6) is 0.851. The van der Waals surface area contributed by atoms with Gasteiger partial charge in [0.15, 0.2) is 0 Å². The quantitative estimate of drug-likeness (QED) is 0.752. The smallest absolute Gasteiger partial charge is 0.238 e. The van der Waals surface area contributed by atoms with Crippen molar-refractivity contribution < 1.29 is 14.3 Å². The molecule has 0 aliphatic heterocycles. The molecule has 1 amide bonds. The second-order valence-corrected chi connectivity index (χ2v) is 6.37. The Balaban J connectivity index is 2.08. The van der Waals surface area contributed by atoms with Crippen molar-refractivity contribution in [1.82, 2.24) is 4.90 Å². The molecule has 1 N–H and O–H groups in total. The lowest BCUT2D eigenvalue weighted by molar-refractivity contribution is -0.117. The average Bonchev–Trinajstić information content (AvgIpc) is 2.63. The first-order chi connectivity index (χ1) is 12.5. The van der Waals surface area contributed by atoms with E-state index in [1.807, 2.05) is 19.1 Å². The second-order valence-electron chi connectivity index (χ2n) is 5.96. The lowest BCUT2D eigenvalue weighted by atomic mass is 10.1. The molecular formula is C20H25ClN2O3. The van der Waals surface area contributed by atoms with Gasteiger partial charge in [-0.2, -0.15) is 0 Å². The van der Waals surface area contributed by atoms with Crippen LogP contribution >= 0.6 is 11.6 Å². The maximum absolute atomic E-state index is 12.5. The molecule has 0 bridgehead atoms. The van der Waals surface area contributed by atoms with Crippen molar-refractivity contribution in [2.45, 2.75) is 20.4 Å². The third-order valence-corrected chi connectivity index (χ3v) is 4.51. The Labute approximate surface area is 159 Å². The summed E-state index contributed by atoms with van der Waals surface area (Å²) in [7, 11) is 3.06. The number of carbonyl (C=O) groups excluding carboxylic acids is 1. The normalized spacial score (nSPS) is 10.7. The van der Waals surface area contributed by atoms with Gasteiger partial charge < -0.3 is 14.8 Å². The van der Waals surface area contributed by atoms with Gasteiger partial charge in [0.05, 0.1) is 31.5 Å². The largest absolute Gasteiger partial charge is 0.495 e. The van der Waals surface area contributed by atoms with Crippen molar-refractivity contribution in [2.24, 2.45) is 0 Å². The van der Waals surface area contributed by atoms with Crippen LogP contribution < -0.4 is 14.8 Å². The van der Waals surface area contributed by atoms with E-state index < -0.39 is 0 Å². The van der Waals surface area contributed by atoms with Gasteiger partial charge in [0.25, 0.3) is 0 Å². The summed E-state index contributed by atoms with van der Waals surface area (Å²) in [5.41, 5.74) is 2.97. The Kier molecular flexibility index (Phi) is 7.30. The van der Waals surface area contributed by atoms with Gasteiger partial charge >= 0.3 is 0 Å². The molecule has 2 aromatic rings. The van der Waals surface area contributed by atoms with E-state index in [4.69, 9.17) is 21.1 Å². The third-order valence-electron chi connectivity index (χ3n) is 4.22. The molecule has 0 aliphatic carbocycles. The SMILES string of the molecule is CCN(CC(=O)Nc1cc(OC)c(Cl)cc1OC)Cc1ccccc1C. The number of amides is 1.